The molecule has 0 radical (unpaired) electrons. The van der Waals surface area contributed by atoms with Crippen molar-refractivity contribution in [3.8, 4) is 0 Å². The minimum atomic E-state index is -0.319. The van der Waals surface area contributed by atoms with Gasteiger partial charge in [0.25, 0.3) is 0 Å². The van der Waals surface area contributed by atoms with Crippen molar-refractivity contribution in [2.45, 2.75) is 38.3 Å². The number of rotatable bonds is 0. The number of aliphatic hydroxyl groups is 1. The lowest BCUT2D eigenvalue weighted by molar-refractivity contribution is -0.164. The van der Waals surface area contributed by atoms with E-state index in [0.29, 0.717) is 0 Å². The van der Waals surface area contributed by atoms with Gasteiger partial charge in [0.2, 0.25) is 0 Å². The van der Waals surface area contributed by atoms with E-state index in [-0.39, 0.29) is 24.4 Å². The minimum absolute atomic E-state index is 0.0527. The highest BCUT2D eigenvalue weighted by atomic mass is 16.7. The normalized spacial score (nSPS) is 50.7. The lowest BCUT2D eigenvalue weighted by atomic mass is 9.94. The molecule has 0 bridgehead atoms. The second kappa shape index (κ2) is 2.73. The van der Waals surface area contributed by atoms with E-state index >= 15 is 0 Å². The quantitative estimate of drug-likeness (QED) is 0.558. The van der Waals surface area contributed by atoms with Gasteiger partial charge in [0.05, 0.1) is 12.2 Å². The Morgan fingerprint density at radius 2 is 2.27 bits per heavy atom. The molecule has 0 aromatic heterocycles. The van der Waals surface area contributed by atoms with Crippen LogP contribution < -0.4 is 0 Å². The number of ether oxygens (including phenoxy) is 2. The molecule has 4 atom stereocenters. The fraction of sp³-hybridized carbons (Fsp3) is 1.00. The van der Waals surface area contributed by atoms with Crippen LogP contribution in [0, 0.1) is 5.92 Å². The van der Waals surface area contributed by atoms with Crippen molar-refractivity contribution in [1.29, 1.82) is 0 Å². The van der Waals surface area contributed by atoms with E-state index in [1.54, 1.807) is 0 Å². The minimum Gasteiger partial charge on any atom is -0.390 e. The molecule has 64 valence electrons. The fourth-order valence-electron chi connectivity index (χ4n) is 1.89. The van der Waals surface area contributed by atoms with Crippen LogP contribution in [-0.4, -0.2) is 30.2 Å². The molecule has 0 aromatic carbocycles. The van der Waals surface area contributed by atoms with Gasteiger partial charge in [0, 0.05) is 12.5 Å². The van der Waals surface area contributed by atoms with Gasteiger partial charge >= 0.3 is 0 Å². The molecule has 4 unspecified atom stereocenters. The third-order valence-electron chi connectivity index (χ3n) is 2.58. The van der Waals surface area contributed by atoms with E-state index in [1.807, 2.05) is 6.92 Å². The molecule has 2 saturated heterocycles. The molecule has 2 heterocycles. The van der Waals surface area contributed by atoms with Gasteiger partial charge in [-0.15, -0.1) is 0 Å². The second-order valence-corrected chi connectivity index (χ2v) is 3.38. The first kappa shape index (κ1) is 7.53. The van der Waals surface area contributed by atoms with Crippen molar-refractivity contribution >= 4 is 0 Å². The summed E-state index contributed by atoms with van der Waals surface area (Å²) in [6.07, 6.45) is 1.59. The van der Waals surface area contributed by atoms with Crippen molar-refractivity contribution < 1.29 is 14.6 Å². The molecule has 11 heavy (non-hydrogen) atoms. The first-order valence-electron chi connectivity index (χ1n) is 4.24. The van der Waals surface area contributed by atoms with Crippen molar-refractivity contribution in [3.63, 3.8) is 0 Å². The van der Waals surface area contributed by atoms with Crippen LogP contribution >= 0.6 is 0 Å². The highest BCUT2D eigenvalue weighted by Gasteiger charge is 2.43. The summed E-state index contributed by atoms with van der Waals surface area (Å²) in [7, 11) is 0. The molecule has 0 saturated carbocycles. The molecule has 0 aliphatic carbocycles. The first-order chi connectivity index (χ1) is 5.29. The van der Waals surface area contributed by atoms with Crippen molar-refractivity contribution in [2.75, 3.05) is 6.61 Å². The summed E-state index contributed by atoms with van der Waals surface area (Å²) in [5, 5.41) is 9.59. The second-order valence-electron chi connectivity index (χ2n) is 3.38. The lowest BCUT2D eigenvalue weighted by Crippen LogP contribution is -2.31. The van der Waals surface area contributed by atoms with Gasteiger partial charge in [-0.25, -0.2) is 0 Å². The van der Waals surface area contributed by atoms with Crippen LogP contribution in [0.1, 0.15) is 19.8 Å². The van der Waals surface area contributed by atoms with Gasteiger partial charge < -0.3 is 14.6 Å². The largest absolute Gasteiger partial charge is 0.390 e. The number of hydrogen-bond donors (Lipinski definition) is 1. The molecular weight excluding hydrogens is 144 g/mol. The maximum absolute atomic E-state index is 9.59. The Hall–Kier alpha value is -0.120. The third-order valence-corrected chi connectivity index (χ3v) is 2.58. The standard InChI is InChI=1S/C8H14O3/c1-5-7(9)6-3-2-4-10-8(6)11-5/h5-9H,2-4H2,1H3. The summed E-state index contributed by atoms with van der Waals surface area (Å²) < 4.78 is 10.8. The van der Waals surface area contributed by atoms with Gasteiger partial charge in [-0.3, -0.25) is 0 Å². The predicted molar refractivity (Wildman–Crippen MR) is 39.0 cm³/mol. The Morgan fingerprint density at radius 1 is 1.45 bits per heavy atom. The zero-order chi connectivity index (χ0) is 7.84. The molecule has 1 N–H and O–H groups in total. The number of aliphatic hydroxyl groups excluding tert-OH is 1. The molecule has 2 aliphatic heterocycles. The fourth-order valence-corrected chi connectivity index (χ4v) is 1.89. The zero-order valence-corrected chi connectivity index (χ0v) is 6.69. The van der Waals surface area contributed by atoms with Crippen molar-refractivity contribution in [3.05, 3.63) is 0 Å². The van der Waals surface area contributed by atoms with E-state index in [4.69, 9.17) is 9.47 Å². The van der Waals surface area contributed by atoms with Crippen LogP contribution in [0.3, 0.4) is 0 Å². The molecule has 2 rings (SSSR count). The molecule has 3 heteroatoms. The average molecular weight is 158 g/mol. The van der Waals surface area contributed by atoms with E-state index < -0.39 is 0 Å². The number of fused-ring (bicyclic) bond motifs is 1. The highest BCUT2D eigenvalue weighted by molar-refractivity contribution is 4.85. The summed E-state index contributed by atoms with van der Waals surface area (Å²) in [5.41, 5.74) is 0. The Bertz CT molecular complexity index is 148. The van der Waals surface area contributed by atoms with Crippen molar-refractivity contribution in [2.24, 2.45) is 5.92 Å². The summed E-state index contributed by atoms with van der Waals surface area (Å²) in [6, 6.07) is 0. The van der Waals surface area contributed by atoms with Crippen LogP contribution in [0.4, 0.5) is 0 Å². The van der Waals surface area contributed by atoms with E-state index in [1.165, 1.54) is 0 Å². The number of hydrogen-bond acceptors (Lipinski definition) is 3. The maximum atomic E-state index is 9.59. The maximum Gasteiger partial charge on any atom is 0.163 e. The predicted octanol–water partition coefficient (Wildman–Crippen LogP) is 0.519. The van der Waals surface area contributed by atoms with Crippen LogP contribution in [0.5, 0.6) is 0 Å². The van der Waals surface area contributed by atoms with Gasteiger partial charge in [-0.1, -0.05) is 0 Å². The Morgan fingerprint density at radius 3 is 3.00 bits per heavy atom. The first-order valence-corrected chi connectivity index (χ1v) is 4.24. The molecule has 0 aromatic rings. The summed E-state index contributed by atoms with van der Waals surface area (Å²) >= 11 is 0. The average Bonchev–Trinajstić information content (AvgIpc) is 2.30. The molecule has 2 fully saturated rings. The topological polar surface area (TPSA) is 38.7 Å². The van der Waals surface area contributed by atoms with E-state index in [9.17, 15) is 5.11 Å². The summed E-state index contributed by atoms with van der Waals surface area (Å²) in [6.45, 7) is 2.67. The third kappa shape index (κ3) is 1.17. The monoisotopic (exact) mass is 158 g/mol. The lowest BCUT2D eigenvalue weighted by Gasteiger charge is -2.25. The van der Waals surface area contributed by atoms with Gasteiger partial charge in [-0.05, 0) is 19.8 Å². The van der Waals surface area contributed by atoms with E-state index in [2.05, 4.69) is 0 Å². The van der Waals surface area contributed by atoms with Crippen molar-refractivity contribution in [1.82, 2.24) is 0 Å². The van der Waals surface area contributed by atoms with E-state index in [0.717, 1.165) is 19.4 Å². The molecule has 2 aliphatic rings. The molecular formula is C8H14O3. The van der Waals surface area contributed by atoms with Crippen LogP contribution in [0.15, 0.2) is 0 Å². The molecule has 0 spiro atoms. The molecule has 3 nitrogen and oxygen atoms in total. The van der Waals surface area contributed by atoms with Crippen LogP contribution in [-0.2, 0) is 9.47 Å². The Balaban J connectivity index is 2.05. The van der Waals surface area contributed by atoms with Crippen LogP contribution in [0.25, 0.3) is 0 Å². The SMILES string of the molecule is CC1OC2OCCCC2C1O. The van der Waals surface area contributed by atoms with Gasteiger partial charge in [0.15, 0.2) is 6.29 Å². The summed E-state index contributed by atoms with van der Waals surface area (Å²) in [5.74, 6) is 0.221. The zero-order valence-electron chi connectivity index (χ0n) is 6.69. The van der Waals surface area contributed by atoms with Gasteiger partial charge in [-0.2, -0.15) is 0 Å². The Kier molecular flexibility index (Phi) is 1.87. The highest BCUT2D eigenvalue weighted by Crippen LogP contribution is 2.33. The smallest absolute Gasteiger partial charge is 0.163 e. The van der Waals surface area contributed by atoms with Crippen LogP contribution in [0.2, 0.25) is 0 Å². The van der Waals surface area contributed by atoms with Gasteiger partial charge in [0.1, 0.15) is 0 Å². The summed E-state index contributed by atoms with van der Waals surface area (Å²) in [4.78, 5) is 0. The molecule has 0 amide bonds. The Labute approximate surface area is 66.3 Å².